The molecule has 0 aromatic carbocycles. The van der Waals surface area contributed by atoms with Gasteiger partial charge in [0.25, 0.3) is 5.91 Å². The number of aryl methyl sites for hydroxylation is 1. The quantitative estimate of drug-likeness (QED) is 0.359. The van der Waals surface area contributed by atoms with Crippen molar-refractivity contribution in [3.05, 3.63) is 10.6 Å². The van der Waals surface area contributed by atoms with Crippen molar-refractivity contribution in [3.8, 4) is 0 Å². The molecule has 21 heavy (non-hydrogen) atoms. The molecular weight excluding hydrogens is 290 g/mol. The van der Waals surface area contributed by atoms with Gasteiger partial charge in [0.1, 0.15) is 4.88 Å². The number of nitrogens with two attached hydrogens (primary N) is 1. The van der Waals surface area contributed by atoms with E-state index in [0.29, 0.717) is 4.88 Å². The molecule has 1 aliphatic rings. The van der Waals surface area contributed by atoms with Gasteiger partial charge in [-0.1, -0.05) is 35.8 Å². The highest BCUT2D eigenvalue weighted by molar-refractivity contribution is 7.08. The molecule has 2 rings (SSSR count). The third kappa shape index (κ3) is 3.69. The van der Waals surface area contributed by atoms with E-state index in [0.717, 1.165) is 55.8 Å². The maximum atomic E-state index is 12.8. The van der Waals surface area contributed by atoms with Crippen LogP contribution in [0.2, 0.25) is 0 Å². The first kappa shape index (κ1) is 15.7. The van der Waals surface area contributed by atoms with Gasteiger partial charge in [-0.05, 0) is 30.8 Å². The van der Waals surface area contributed by atoms with Gasteiger partial charge in [0.05, 0.1) is 12.2 Å². The van der Waals surface area contributed by atoms with Crippen LogP contribution < -0.4 is 5.73 Å². The molecule has 0 atom stereocenters. The number of nitrogens with zero attached hydrogens (tertiary/aromatic N) is 4. The molecule has 0 aliphatic heterocycles. The zero-order valence-corrected chi connectivity index (χ0v) is 13.0. The molecule has 0 bridgehead atoms. The maximum Gasteiger partial charge on any atom is 0.268 e. The van der Waals surface area contributed by atoms with Gasteiger partial charge in [-0.15, -0.1) is 5.10 Å². The van der Waals surface area contributed by atoms with E-state index in [9.17, 15) is 4.79 Å². The second kappa shape index (κ2) is 7.35. The van der Waals surface area contributed by atoms with Crippen LogP contribution in [0.1, 0.15) is 54.4 Å². The lowest BCUT2D eigenvalue weighted by Gasteiger charge is -2.28. The van der Waals surface area contributed by atoms with Crippen LogP contribution in [0.3, 0.4) is 0 Å². The average molecular weight is 311 g/mol. The number of aromatic nitrogens is 2. The molecule has 1 aromatic heterocycles. The van der Waals surface area contributed by atoms with Crippen molar-refractivity contribution in [3.63, 3.8) is 0 Å². The molecule has 8 heteroatoms. The van der Waals surface area contributed by atoms with Gasteiger partial charge in [0.15, 0.2) is 5.84 Å². The molecule has 1 aliphatic carbocycles. The smallest absolute Gasteiger partial charge is 0.268 e. The number of carbonyl (C=O) groups is 1. The van der Waals surface area contributed by atoms with E-state index in [-0.39, 0.29) is 24.3 Å². The van der Waals surface area contributed by atoms with Gasteiger partial charge in [0, 0.05) is 6.04 Å². The summed E-state index contributed by atoms with van der Waals surface area (Å²) in [6.45, 7) is 2.18. The van der Waals surface area contributed by atoms with E-state index >= 15 is 0 Å². The first-order chi connectivity index (χ1) is 10.2. The molecule has 1 heterocycles. The highest BCUT2D eigenvalue weighted by Crippen LogP contribution is 2.26. The van der Waals surface area contributed by atoms with Gasteiger partial charge < -0.3 is 15.8 Å². The lowest BCUT2D eigenvalue weighted by atomic mass is 10.1. The van der Waals surface area contributed by atoms with Crippen molar-refractivity contribution in [2.45, 2.75) is 51.5 Å². The minimum absolute atomic E-state index is 0.0461. The molecule has 3 N–H and O–H groups in total. The van der Waals surface area contributed by atoms with E-state index in [1.807, 2.05) is 6.92 Å². The summed E-state index contributed by atoms with van der Waals surface area (Å²) in [6, 6.07) is 0.148. The van der Waals surface area contributed by atoms with E-state index in [2.05, 4.69) is 14.7 Å². The Morgan fingerprint density at radius 3 is 2.86 bits per heavy atom. The third-order valence-corrected chi connectivity index (χ3v) is 4.48. The number of hydrogen-bond donors (Lipinski definition) is 2. The first-order valence-corrected chi connectivity index (χ1v) is 8.03. The predicted octanol–water partition coefficient (Wildman–Crippen LogP) is 1.62. The van der Waals surface area contributed by atoms with Crippen LogP contribution in [-0.2, 0) is 6.42 Å². The average Bonchev–Trinajstić information content (AvgIpc) is 3.15. The van der Waals surface area contributed by atoms with E-state index in [4.69, 9.17) is 10.9 Å². The number of oxime groups is 1. The monoisotopic (exact) mass is 311 g/mol. The van der Waals surface area contributed by atoms with Gasteiger partial charge in [-0.2, -0.15) is 0 Å². The molecule has 0 saturated heterocycles. The molecule has 1 amide bonds. The topological polar surface area (TPSA) is 105 Å². The van der Waals surface area contributed by atoms with Crippen LogP contribution in [-0.4, -0.2) is 44.0 Å². The Balaban J connectivity index is 2.22. The van der Waals surface area contributed by atoms with Crippen LogP contribution in [0.5, 0.6) is 0 Å². The van der Waals surface area contributed by atoms with Crippen LogP contribution >= 0.6 is 11.5 Å². The fourth-order valence-corrected chi connectivity index (χ4v) is 3.36. The number of carbonyl (C=O) groups excluding carboxylic acids is 1. The Labute approximate surface area is 128 Å². The number of hydrogen-bond acceptors (Lipinski definition) is 6. The van der Waals surface area contributed by atoms with Gasteiger partial charge in [-0.25, -0.2) is 0 Å². The third-order valence-electron chi connectivity index (χ3n) is 3.72. The number of amides is 1. The van der Waals surface area contributed by atoms with E-state index in [1.165, 1.54) is 0 Å². The van der Waals surface area contributed by atoms with Crippen LogP contribution in [0.4, 0.5) is 0 Å². The summed E-state index contributed by atoms with van der Waals surface area (Å²) in [5.41, 5.74) is 6.35. The zero-order chi connectivity index (χ0) is 15.2. The Bertz CT molecular complexity index is 510. The first-order valence-electron chi connectivity index (χ1n) is 7.26. The fraction of sp³-hybridized carbons (Fsp3) is 0.692. The summed E-state index contributed by atoms with van der Waals surface area (Å²) >= 11 is 1.12. The molecule has 0 radical (unpaired) electrons. The van der Waals surface area contributed by atoms with Crippen LogP contribution in [0.25, 0.3) is 0 Å². The molecule has 1 aromatic rings. The SMILES string of the molecule is CCCc1nnsc1C(=O)N(CC(N)=NO)C1CCCC1. The second-order valence-electron chi connectivity index (χ2n) is 5.26. The molecule has 1 fully saturated rings. The molecule has 1 saturated carbocycles. The van der Waals surface area contributed by atoms with Crippen molar-refractivity contribution in [1.29, 1.82) is 0 Å². The molecule has 0 spiro atoms. The maximum absolute atomic E-state index is 12.8. The molecule has 116 valence electrons. The van der Waals surface area contributed by atoms with Crippen LogP contribution in [0.15, 0.2) is 5.16 Å². The number of amidine groups is 1. The predicted molar refractivity (Wildman–Crippen MR) is 80.6 cm³/mol. The van der Waals surface area contributed by atoms with Gasteiger partial charge >= 0.3 is 0 Å². The van der Waals surface area contributed by atoms with Crippen LogP contribution in [0, 0.1) is 0 Å². The van der Waals surface area contributed by atoms with Crippen molar-refractivity contribution < 1.29 is 10.0 Å². The van der Waals surface area contributed by atoms with E-state index in [1.54, 1.807) is 4.90 Å². The highest BCUT2D eigenvalue weighted by atomic mass is 32.1. The summed E-state index contributed by atoms with van der Waals surface area (Å²) in [5.74, 6) is -0.0586. The second-order valence-corrected chi connectivity index (χ2v) is 6.02. The minimum atomic E-state index is -0.105. The summed E-state index contributed by atoms with van der Waals surface area (Å²) in [4.78, 5) is 15.1. The Hall–Kier alpha value is -1.70. The summed E-state index contributed by atoms with van der Waals surface area (Å²) in [7, 11) is 0. The van der Waals surface area contributed by atoms with Crippen molar-refractivity contribution in [2.75, 3.05) is 6.54 Å². The van der Waals surface area contributed by atoms with Crippen molar-refractivity contribution in [1.82, 2.24) is 14.5 Å². The zero-order valence-electron chi connectivity index (χ0n) is 12.2. The normalized spacial score (nSPS) is 16.3. The fourth-order valence-electron chi connectivity index (χ4n) is 2.69. The van der Waals surface area contributed by atoms with Crippen molar-refractivity contribution >= 4 is 23.3 Å². The molecular formula is C13H21N5O2S. The summed E-state index contributed by atoms with van der Waals surface area (Å²) < 4.78 is 3.90. The summed E-state index contributed by atoms with van der Waals surface area (Å²) in [5, 5.41) is 15.8. The van der Waals surface area contributed by atoms with Crippen molar-refractivity contribution in [2.24, 2.45) is 10.9 Å². The molecule has 7 nitrogen and oxygen atoms in total. The molecule has 0 unspecified atom stereocenters. The summed E-state index contributed by atoms with van der Waals surface area (Å²) in [6.07, 6.45) is 5.77. The lowest BCUT2D eigenvalue weighted by molar-refractivity contribution is 0.0716. The van der Waals surface area contributed by atoms with Gasteiger partial charge in [0.2, 0.25) is 0 Å². The highest BCUT2D eigenvalue weighted by Gasteiger charge is 2.30. The lowest BCUT2D eigenvalue weighted by Crippen LogP contribution is -2.44. The van der Waals surface area contributed by atoms with E-state index < -0.39 is 0 Å². The standard InChI is InChI=1S/C13H21N5O2S/c1-2-5-10-12(21-17-15-10)13(19)18(8-11(14)16-20)9-6-3-4-7-9/h9,20H,2-8H2,1H3,(H2,14,16). The minimum Gasteiger partial charge on any atom is -0.409 e. The van der Waals surface area contributed by atoms with Gasteiger partial charge in [-0.3, -0.25) is 4.79 Å². The number of rotatable bonds is 6. The Morgan fingerprint density at radius 1 is 1.52 bits per heavy atom. The Morgan fingerprint density at radius 2 is 2.24 bits per heavy atom. The Kier molecular flexibility index (Phi) is 5.49. The largest absolute Gasteiger partial charge is 0.409 e.